The van der Waals surface area contributed by atoms with Gasteiger partial charge in [0.1, 0.15) is 0 Å². The van der Waals surface area contributed by atoms with Gasteiger partial charge in [0.05, 0.1) is 7.11 Å². The summed E-state index contributed by atoms with van der Waals surface area (Å²) in [6, 6.07) is 7.97. The maximum Gasteiger partial charge on any atom is 0.305 e. The molecule has 0 bridgehead atoms. The van der Waals surface area contributed by atoms with Gasteiger partial charge in [-0.05, 0) is 43.0 Å². The van der Waals surface area contributed by atoms with Crippen molar-refractivity contribution in [2.45, 2.75) is 25.8 Å². The maximum absolute atomic E-state index is 11.3. The Balaban J connectivity index is 1.87. The summed E-state index contributed by atoms with van der Waals surface area (Å²) in [6.07, 6.45) is 2.80. The van der Waals surface area contributed by atoms with Crippen molar-refractivity contribution in [2.75, 3.05) is 20.2 Å². The molecule has 104 valence electrons. The SMILES string of the molecule is COC(=O)CC1CCCN(Cc2ccc(Cl)cc2)C1. The fraction of sp³-hybridized carbons (Fsp3) is 0.533. The van der Waals surface area contributed by atoms with Crippen LogP contribution in [0.15, 0.2) is 24.3 Å². The number of likely N-dealkylation sites (tertiary alicyclic amines) is 1. The van der Waals surface area contributed by atoms with Crippen LogP contribution in [0.3, 0.4) is 0 Å². The lowest BCUT2D eigenvalue weighted by atomic mass is 9.94. The molecule has 0 radical (unpaired) electrons. The second kappa shape index (κ2) is 6.92. The van der Waals surface area contributed by atoms with Crippen molar-refractivity contribution in [3.63, 3.8) is 0 Å². The van der Waals surface area contributed by atoms with Crippen LogP contribution in [0, 0.1) is 5.92 Å². The summed E-state index contributed by atoms with van der Waals surface area (Å²) in [7, 11) is 1.45. The highest BCUT2D eigenvalue weighted by atomic mass is 35.5. The molecule has 1 saturated heterocycles. The highest BCUT2D eigenvalue weighted by molar-refractivity contribution is 6.30. The van der Waals surface area contributed by atoms with E-state index in [-0.39, 0.29) is 5.97 Å². The number of ether oxygens (including phenoxy) is 1. The molecule has 1 aliphatic heterocycles. The minimum atomic E-state index is -0.0988. The number of methoxy groups -OCH3 is 1. The molecule has 1 aromatic rings. The number of hydrogen-bond acceptors (Lipinski definition) is 3. The Kier molecular flexibility index (Phi) is 5.23. The van der Waals surface area contributed by atoms with Gasteiger partial charge >= 0.3 is 5.97 Å². The molecule has 1 unspecified atom stereocenters. The topological polar surface area (TPSA) is 29.5 Å². The number of nitrogens with zero attached hydrogens (tertiary/aromatic N) is 1. The van der Waals surface area contributed by atoms with Crippen LogP contribution in [-0.4, -0.2) is 31.1 Å². The van der Waals surface area contributed by atoms with E-state index in [9.17, 15) is 4.79 Å². The summed E-state index contributed by atoms with van der Waals surface area (Å²) in [6.45, 7) is 2.99. The molecule has 4 heteroatoms. The van der Waals surface area contributed by atoms with Gasteiger partial charge in [0.2, 0.25) is 0 Å². The molecule has 0 spiro atoms. The molecule has 0 saturated carbocycles. The van der Waals surface area contributed by atoms with Crippen molar-refractivity contribution in [2.24, 2.45) is 5.92 Å². The van der Waals surface area contributed by atoms with Gasteiger partial charge in [-0.15, -0.1) is 0 Å². The lowest BCUT2D eigenvalue weighted by Crippen LogP contribution is -2.35. The number of hydrogen-bond donors (Lipinski definition) is 0. The van der Waals surface area contributed by atoms with Gasteiger partial charge in [-0.25, -0.2) is 0 Å². The van der Waals surface area contributed by atoms with E-state index in [2.05, 4.69) is 17.0 Å². The number of carbonyl (C=O) groups is 1. The van der Waals surface area contributed by atoms with Crippen molar-refractivity contribution < 1.29 is 9.53 Å². The van der Waals surface area contributed by atoms with E-state index in [4.69, 9.17) is 16.3 Å². The van der Waals surface area contributed by atoms with Gasteiger partial charge in [-0.2, -0.15) is 0 Å². The van der Waals surface area contributed by atoms with Crippen LogP contribution in [0.25, 0.3) is 0 Å². The van der Waals surface area contributed by atoms with Crippen LogP contribution < -0.4 is 0 Å². The molecule has 1 heterocycles. The quantitative estimate of drug-likeness (QED) is 0.794. The smallest absolute Gasteiger partial charge is 0.305 e. The summed E-state index contributed by atoms with van der Waals surface area (Å²) in [5.74, 6) is 0.326. The van der Waals surface area contributed by atoms with Gasteiger partial charge in [-0.1, -0.05) is 23.7 Å². The maximum atomic E-state index is 11.3. The Bertz CT molecular complexity index is 419. The number of halogens is 1. The molecule has 2 rings (SSSR count). The molecular weight excluding hydrogens is 262 g/mol. The molecule has 1 aliphatic rings. The summed E-state index contributed by atoms with van der Waals surface area (Å²) >= 11 is 5.89. The number of esters is 1. The molecule has 0 aromatic heterocycles. The second-order valence-electron chi connectivity index (χ2n) is 5.15. The molecule has 3 nitrogen and oxygen atoms in total. The average Bonchev–Trinajstić information content (AvgIpc) is 2.42. The fourth-order valence-electron chi connectivity index (χ4n) is 2.63. The third-order valence-electron chi connectivity index (χ3n) is 3.61. The number of rotatable bonds is 4. The molecule has 0 aliphatic carbocycles. The van der Waals surface area contributed by atoms with Gasteiger partial charge in [0.25, 0.3) is 0 Å². The minimum Gasteiger partial charge on any atom is -0.469 e. The van der Waals surface area contributed by atoms with Crippen LogP contribution in [0.2, 0.25) is 5.02 Å². The minimum absolute atomic E-state index is 0.0988. The van der Waals surface area contributed by atoms with Crippen LogP contribution in [0.4, 0.5) is 0 Å². The predicted octanol–water partition coefficient (Wildman–Crippen LogP) is 3.12. The second-order valence-corrected chi connectivity index (χ2v) is 5.59. The monoisotopic (exact) mass is 281 g/mol. The molecule has 0 amide bonds. The summed E-state index contributed by atoms with van der Waals surface area (Å²) in [4.78, 5) is 13.7. The number of benzene rings is 1. The first-order valence-corrected chi connectivity index (χ1v) is 7.09. The zero-order valence-electron chi connectivity index (χ0n) is 11.3. The first-order valence-electron chi connectivity index (χ1n) is 6.71. The Morgan fingerprint density at radius 3 is 2.84 bits per heavy atom. The van der Waals surface area contributed by atoms with E-state index in [1.165, 1.54) is 12.7 Å². The largest absolute Gasteiger partial charge is 0.469 e. The predicted molar refractivity (Wildman–Crippen MR) is 76.1 cm³/mol. The Morgan fingerprint density at radius 1 is 1.42 bits per heavy atom. The zero-order chi connectivity index (χ0) is 13.7. The van der Waals surface area contributed by atoms with Crippen molar-refractivity contribution in [3.05, 3.63) is 34.9 Å². The molecule has 1 aromatic carbocycles. The molecule has 19 heavy (non-hydrogen) atoms. The van der Waals surface area contributed by atoms with Crippen LogP contribution in [0.1, 0.15) is 24.8 Å². The van der Waals surface area contributed by atoms with Crippen molar-refractivity contribution >= 4 is 17.6 Å². The highest BCUT2D eigenvalue weighted by Crippen LogP contribution is 2.22. The van der Waals surface area contributed by atoms with E-state index < -0.39 is 0 Å². The van der Waals surface area contributed by atoms with E-state index in [0.717, 1.165) is 37.5 Å². The van der Waals surface area contributed by atoms with E-state index in [1.54, 1.807) is 0 Å². The van der Waals surface area contributed by atoms with Crippen molar-refractivity contribution in [1.82, 2.24) is 4.90 Å². The van der Waals surface area contributed by atoms with Gasteiger partial charge < -0.3 is 4.74 Å². The number of piperidine rings is 1. The number of carbonyl (C=O) groups excluding carboxylic acids is 1. The third-order valence-corrected chi connectivity index (χ3v) is 3.86. The summed E-state index contributed by atoms with van der Waals surface area (Å²) < 4.78 is 4.75. The highest BCUT2D eigenvalue weighted by Gasteiger charge is 2.22. The first kappa shape index (κ1) is 14.4. The first-order chi connectivity index (χ1) is 9.17. The Hall–Kier alpha value is -1.06. The van der Waals surface area contributed by atoms with Gasteiger partial charge in [-0.3, -0.25) is 9.69 Å². The third kappa shape index (κ3) is 4.51. The van der Waals surface area contributed by atoms with Crippen molar-refractivity contribution in [3.8, 4) is 0 Å². The fourth-order valence-corrected chi connectivity index (χ4v) is 2.75. The molecule has 1 atom stereocenters. The van der Waals surface area contributed by atoms with Crippen molar-refractivity contribution in [1.29, 1.82) is 0 Å². The molecule has 1 fully saturated rings. The normalized spacial score (nSPS) is 20.2. The average molecular weight is 282 g/mol. The standard InChI is InChI=1S/C15H20ClNO2/c1-19-15(18)9-13-3-2-8-17(11-13)10-12-4-6-14(16)7-5-12/h4-7,13H,2-3,8-11H2,1H3. The molecular formula is C15H20ClNO2. The van der Waals surface area contributed by atoms with E-state index >= 15 is 0 Å². The van der Waals surface area contributed by atoms with Crippen LogP contribution in [-0.2, 0) is 16.1 Å². The summed E-state index contributed by atoms with van der Waals surface area (Å²) in [5.41, 5.74) is 1.27. The Labute approximate surface area is 119 Å². The van der Waals surface area contributed by atoms with Crippen LogP contribution >= 0.6 is 11.6 Å². The zero-order valence-corrected chi connectivity index (χ0v) is 12.0. The Morgan fingerprint density at radius 2 is 2.16 bits per heavy atom. The lowest BCUT2D eigenvalue weighted by Gasteiger charge is -2.32. The summed E-state index contributed by atoms with van der Waals surface area (Å²) in [5, 5.41) is 0.769. The van der Waals surface area contributed by atoms with E-state index in [0.29, 0.717) is 12.3 Å². The lowest BCUT2D eigenvalue weighted by molar-refractivity contribution is -0.142. The van der Waals surface area contributed by atoms with Gasteiger partial charge in [0, 0.05) is 24.5 Å². The molecule has 0 N–H and O–H groups in total. The van der Waals surface area contributed by atoms with E-state index in [1.807, 2.05) is 12.1 Å². The van der Waals surface area contributed by atoms with Gasteiger partial charge in [0.15, 0.2) is 0 Å². The van der Waals surface area contributed by atoms with Crippen LogP contribution in [0.5, 0.6) is 0 Å².